The van der Waals surface area contributed by atoms with E-state index in [2.05, 4.69) is 94.6 Å². The number of ketones is 1. The van der Waals surface area contributed by atoms with Crippen molar-refractivity contribution in [2.75, 3.05) is 46.8 Å². The van der Waals surface area contributed by atoms with Gasteiger partial charge in [0.1, 0.15) is 0 Å². The third-order valence-electron chi connectivity index (χ3n) is 11.2. The number of esters is 1. The fourth-order valence-electron chi connectivity index (χ4n) is 8.39. The lowest BCUT2D eigenvalue weighted by Crippen LogP contribution is -2.60. The van der Waals surface area contributed by atoms with E-state index in [1.807, 2.05) is 29.6 Å². The minimum Gasteiger partial charge on any atom is -0.493 e. The molecule has 54 heavy (non-hydrogen) atoms. The number of carbonyl (C=O) groups is 2. The van der Waals surface area contributed by atoms with Gasteiger partial charge in [0.15, 0.2) is 23.0 Å². The van der Waals surface area contributed by atoms with E-state index in [1.165, 1.54) is 16.7 Å². The molecule has 1 fully saturated rings. The lowest BCUT2D eigenvalue weighted by Gasteiger charge is -2.57. The highest BCUT2D eigenvalue weighted by Crippen LogP contribution is 2.59. The van der Waals surface area contributed by atoms with Crippen LogP contribution in [0.3, 0.4) is 0 Å². The highest BCUT2D eigenvalue weighted by Gasteiger charge is 2.57. The van der Waals surface area contributed by atoms with Crippen LogP contribution in [0.4, 0.5) is 0 Å². The smallest absolute Gasteiger partial charge is 0.305 e. The van der Waals surface area contributed by atoms with Crippen molar-refractivity contribution in [1.29, 1.82) is 0 Å². The molecule has 3 aromatic carbocycles. The molecule has 1 aliphatic heterocycles. The lowest BCUT2D eigenvalue weighted by molar-refractivity contribution is -0.144. The van der Waals surface area contributed by atoms with E-state index < -0.39 is 5.41 Å². The van der Waals surface area contributed by atoms with Crippen LogP contribution in [-0.4, -0.2) is 74.7 Å². The first-order valence-corrected chi connectivity index (χ1v) is 22.3. The van der Waals surface area contributed by atoms with Crippen molar-refractivity contribution in [2.45, 2.75) is 86.0 Å². The number of methoxy groups -OCH3 is 2. The highest BCUT2D eigenvalue weighted by molar-refractivity contribution is 9.10. The quantitative estimate of drug-likeness (QED) is 0.0818. The van der Waals surface area contributed by atoms with E-state index in [0.29, 0.717) is 55.0 Å². The third-order valence-corrected chi connectivity index (χ3v) is 14.5. The standard InChI is InChI=1S/C44H54BrNO6S2/c1-46-21-20-44-28-38(47)39(49-2)26-35(44)37(46)25-34-36(45)27-40(50-3)43(42(34)44)52-23-12-22-51-41(48)18-11-10-17-33(54-30-32-15-8-5-9-16-32)19-24-53-29-31-13-6-4-7-14-31/h4-9,13-16,26-27,33,35,37H,10-12,17-25,28-30H2,1-3H3/t33?,35?,37-,44+/m0/s1. The molecular formula is C44H54BrNO6S2. The first kappa shape index (κ1) is 40.7. The van der Waals surface area contributed by atoms with E-state index in [1.54, 1.807) is 14.2 Å². The number of benzene rings is 3. The predicted molar refractivity (Wildman–Crippen MR) is 224 cm³/mol. The SMILES string of the molecule is COC1=CC2[C@@H]3Cc4c(Br)cc(OC)c(OCCCOC(=O)CCCCC(CCSCc5ccccc5)SCc5ccccc5)c4[C@]2(CCN3C)CC1=O. The number of fused-ring (bicyclic) bond motifs is 1. The van der Waals surface area contributed by atoms with Gasteiger partial charge in [-0.2, -0.15) is 23.5 Å². The topological polar surface area (TPSA) is 74.3 Å². The molecule has 2 aliphatic carbocycles. The molecule has 0 N–H and O–H groups in total. The first-order valence-electron chi connectivity index (χ1n) is 19.3. The van der Waals surface area contributed by atoms with Crippen LogP contribution in [0.15, 0.2) is 83.0 Å². The number of piperidine rings is 1. The van der Waals surface area contributed by atoms with Crippen LogP contribution in [0.1, 0.15) is 73.6 Å². The fourth-order valence-corrected chi connectivity index (χ4v) is 11.4. The van der Waals surface area contributed by atoms with Crippen LogP contribution < -0.4 is 9.47 Å². The first-order chi connectivity index (χ1) is 26.3. The highest BCUT2D eigenvalue weighted by atomic mass is 79.9. The summed E-state index contributed by atoms with van der Waals surface area (Å²) in [5, 5.41) is 0.558. The number of carbonyl (C=O) groups excluding carboxylic acids is 2. The number of Topliss-reactive ketones (excluding diaryl/α,β-unsaturated/α-hetero) is 1. The molecule has 0 spiro atoms. The molecule has 4 atom stereocenters. The molecule has 0 amide bonds. The lowest BCUT2D eigenvalue weighted by atomic mass is 9.53. The van der Waals surface area contributed by atoms with Gasteiger partial charge in [-0.3, -0.25) is 9.59 Å². The molecule has 3 aromatic rings. The summed E-state index contributed by atoms with van der Waals surface area (Å²) in [5.74, 6) is 4.99. The second kappa shape index (κ2) is 19.8. The van der Waals surface area contributed by atoms with Gasteiger partial charge < -0.3 is 23.8 Å². The molecule has 0 saturated carbocycles. The monoisotopic (exact) mass is 835 g/mol. The van der Waals surface area contributed by atoms with Crippen molar-refractivity contribution in [3.05, 3.63) is 105 Å². The predicted octanol–water partition coefficient (Wildman–Crippen LogP) is 9.57. The van der Waals surface area contributed by atoms with Gasteiger partial charge in [0.05, 0.1) is 27.4 Å². The van der Waals surface area contributed by atoms with Crippen LogP contribution in [0.25, 0.3) is 0 Å². The van der Waals surface area contributed by atoms with Gasteiger partial charge in [-0.1, -0.05) is 83.0 Å². The largest absolute Gasteiger partial charge is 0.493 e. The fraction of sp³-hybridized carbons (Fsp3) is 0.500. The van der Waals surface area contributed by atoms with E-state index >= 15 is 0 Å². The van der Waals surface area contributed by atoms with Crippen LogP contribution in [0.2, 0.25) is 0 Å². The van der Waals surface area contributed by atoms with Gasteiger partial charge in [0, 0.05) is 63.4 Å². The Balaban J connectivity index is 0.980. The number of likely N-dealkylation sites (N-methyl/N-ethyl adjacent to an activating group) is 1. The van der Waals surface area contributed by atoms with Crippen LogP contribution in [-0.2, 0) is 42.4 Å². The number of halogens is 1. The van der Waals surface area contributed by atoms with Crippen molar-refractivity contribution in [3.63, 3.8) is 0 Å². The number of nitrogens with zero attached hydrogens (tertiary/aromatic N) is 1. The normalized spacial score (nSPS) is 21.0. The molecule has 3 aliphatic rings. The maximum absolute atomic E-state index is 13.3. The number of likely N-dealkylation sites (tertiary alicyclic amines) is 1. The van der Waals surface area contributed by atoms with Crippen molar-refractivity contribution in [1.82, 2.24) is 4.90 Å². The molecule has 0 aromatic heterocycles. The number of unbranched alkanes of at least 4 members (excludes halogenated alkanes) is 1. The summed E-state index contributed by atoms with van der Waals surface area (Å²) < 4.78 is 24.6. The maximum atomic E-state index is 13.3. The Hall–Kier alpha value is -2.92. The Morgan fingerprint density at radius 1 is 0.963 bits per heavy atom. The molecule has 7 nitrogen and oxygen atoms in total. The van der Waals surface area contributed by atoms with Crippen molar-refractivity contribution in [3.8, 4) is 11.5 Å². The summed E-state index contributed by atoms with van der Waals surface area (Å²) in [4.78, 5) is 28.5. The second-order valence-corrected chi connectivity index (χ2v) is 17.9. The van der Waals surface area contributed by atoms with Gasteiger partial charge >= 0.3 is 5.97 Å². The van der Waals surface area contributed by atoms with Gasteiger partial charge in [-0.05, 0) is 80.3 Å². The third kappa shape index (κ3) is 9.90. The number of rotatable bonds is 20. The van der Waals surface area contributed by atoms with Crippen molar-refractivity contribution < 1.29 is 28.5 Å². The van der Waals surface area contributed by atoms with Gasteiger partial charge in [0.25, 0.3) is 0 Å². The zero-order valence-corrected chi connectivity index (χ0v) is 35.1. The molecule has 0 radical (unpaired) electrons. The summed E-state index contributed by atoms with van der Waals surface area (Å²) in [6.07, 6.45) is 9.18. The van der Waals surface area contributed by atoms with Gasteiger partial charge in [-0.15, -0.1) is 0 Å². The molecule has 6 rings (SSSR count). The van der Waals surface area contributed by atoms with Crippen LogP contribution in [0, 0.1) is 5.92 Å². The summed E-state index contributed by atoms with van der Waals surface area (Å²) in [6, 6.07) is 23.6. The summed E-state index contributed by atoms with van der Waals surface area (Å²) in [7, 11) is 5.41. The van der Waals surface area contributed by atoms with E-state index in [9.17, 15) is 9.59 Å². The molecule has 290 valence electrons. The summed E-state index contributed by atoms with van der Waals surface area (Å²) in [5.41, 5.74) is 4.59. The van der Waals surface area contributed by atoms with Crippen molar-refractivity contribution >= 4 is 51.2 Å². The zero-order chi connectivity index (χ0) is 37.9. The molecule has 2 bridgehead atoms. The Bertz CT molecular complexity index is 1740. The molecule has 1 saturated heterocycles. The van der Waals surface area contributed by atoms with E-state index in [-0.39, 0.29) is 23.7 Å². The van der Waals surface area contributed by atoms with E-state index in [4.69, 9.17) is 18.9 Å². The van der Waals surface area contributed by atoms with Gasteiger partial charge in [-0.25, -0.2) is 0 Å². The minimum absolute atomic E-state index is 0.0287. The van der Waals surface area contributed by atoms with E-state index in [0.717, 1.165) is 72.4 Å². The second-order valence-electron chi connectivity index (χ2n) is 14.7. The number of ether oxygens (including phenoxy) is 4. The Kier molecular flexibility index (Phi) is 14.9. The Morgan fingerprint density at radius 2 is 1.70 bits per heavy atom. The molecule has 2 unspecified atom stereocenters. The van der Waals surface area contributed by atoms with Crippen LogP contribution >= 0.6 is 39.5 Å². The number of allylic oxidation sites excluding steroid dienone is 1. The molecule has 1 heterocycles. The number of hydrogen-bond acceptors (Lipinski definition) is 9. The maximum Gasteiger partial charge on any atom is 0.305 e. The molecular weight excluding hydrogens is 783 g/mol. The number of thioether (sulfide) groups is 2. The minimum atomic E-state index is -0.400. The van der Waals surface area contributed by atoms with Crippen molar-refractivity contribution in [2.24, 2.45) is 5.92 Å². The summed E-state index contributed by atoms with van der Waals surface area (Å²) in [6.45, 7) is 1.57. The summed E-state index contributed by atoms with van der Waals surface area (Å²) >= 11 is 7.87. The van der Waals surface area contributed by atoms with Gasteiger partial charge in [0.2, 0.25) is 0 Å². The number of hydrogen-bond donors (Lipinski definition) is 0. The average Bonchev–Trinajstić information content (AvgIpc) is 3.19. The van der Waals surface area contributed by atoms with Crippen LogP contribution in [0.5, 0.6) is 11.5 Å². The average molecular weight is 837 g/mol. The zero-order valence-electron chi connectivity index (χ0n) is 31.9. The Labute approximate surface area is 338 Å². The Morgan fingerprint density at radius 3 is 2.43 bits per heavy atom. The molecule has 10 heteroatoms.